The van der Waals surface area contributed by atoms with Crippen molar-refractivity contribution in [3.05, 3.63) is 24.0 Å². The molecule has 1 saturated heterocycles. The van der Waals surface area contributed by atoms with Gasteiger partial charge in [0.05, 0.1) is 11.9 Å². The minimum atomic E-state index is -1.46. The number of hydrogen-bond acceptors (Lipinski definition) is 4. The minimum absolute atomic E-state index is 0.144. The van der Waals surface area contributed by atoms with E-state index >= 15 is 0 Å². The van der Waals surface area contributed by atoms with Crippen LogP contribution in [0.15, 0.2) is 18.3 Å². The lowest BCUT2D eigenvalue weighted by Gasteiger charge is -2.39. The number of amides is 2. The third-order valence-corrected chi connectivity index (χ3v) is 4.78. The highest BCUT2D eigenvalue weighted by Crippen LogP contribution is 2.21. The molecule has 1 aliphatic rings. The van der Waals surface area contributed by atoms with Crippen molar-refractivity contribution in [1.29, 1.82) is 0 Å². The molecule has 2 rings (SSSR count). The van der Waals surface area contributed by atoms with E-state index in [1.807, 2.05) is 32.9 Å². The second-order valence-electron chi connectivity index (χ2n) is 8.74. The van der Waals surface area contributed by atoms with Gasteiger partial charge in [0, 0.05) is 13.1 Å². The van der Waals surface area contributed by atoms with Gasteiger partial charge in [-0.15, -0.1) is 5.54 Å². The number of nitrogens with zero attached hydrogens (tertiary/aromatic N) is 3. The zero-order valence-corrected chi connectivity index (χ0v) is 18.3. The highest BCUT2D eigenvalue weighted by molar-refractivity contribution is 6.83. The maximum absolute atomic E-state index is 12.8. The van der Waals surface area contributed by atoms with Crippen LogP contribution < -0.4 is 4.90 Å². The summed E-state index contributed by atoms with van der Waals surface area (Å²) >= 11 is 0. The molecule has 0 aromatic carbocycles. The Morgan fingerprint density at radius 2 is 1.93 bits per heavy atom. The van der Waals surface area contributed by atoms with Gasteiger partial charge in [-0.05, 0) is 39.8 Å². The third kappa shape index (κ3) is 5.83. The van der Waals surface area contributed by atoms with Crippen LogP contribution in [0.3, 0.4) is 0 Å². The van der Waals surface area contributed by atoms with E-state index in [4.69, 9.17) is 4.74 Å². The van der Waals surface area contributed by atoms with Gasteiger partial charge in [-0.3, -0.25) is 9.69 Å². The lowest BCUT2D eigenvalue weighted by atomic mass is 10.1. The average molecular weight is 388 g/mol. The van der Waals surface area contributed by atoms with E-state index < -0.39 is 25.8 Å². The molecule has 6 nitrogen and oxygen atoms in total. The number of ether oxygens (including phenoxy) is 1. The topological polar surface area (TPSA) is 62.7 Å². The molecule has 1 atom stereocenters. The standard InChI is InChI=1S/C20H29N3O3Si/c1-15-18(24)23(12-11-22(15)19(25)26-20(2,3)4)17-9-8-16(21-14-17)10-13-27(5,6)7/h8-9,14-15H,11-12H2,1-7H3/t15-/m0/s1. The van der Waals surface area contributed by atoms with E-state index in [9.17, 15) is 9.59 Å². The highest BCUT2D eigenvalue weighted by Gasteiger charge is 2.37. The quantitative estimate of drug-likeness (QED) is 0.548. The van der Waals surface area contributed by atoms with Gasteiger partial charge in [-0.2, -0.15) is 0 Å². The van der Waals surface area contributed by atoms with E-state index in [0.29, 0.717) is 24.5 Å². The van der Waals surface area contributed by atoms with Crippen LogP contribution >= 0.6 is 0 Å². The summed E-state index contributed by atoms with van der Waals surface area (Å²) < 4.78 is 5.40. The van der Waals surface area contributed by atoms with Crippen LogP contribution in [-0.4, -0.2) is 54.7 Å². The van der Waals surface area contributed by atoms with Crippen molar-refractivity contribution in [2.45, 2.75) is 59.0 Å². The van der Waals surface area contributed by atoms with Crippen molar-refractivity contribution in [3.63, 3.8) is 0 Å². The number of aromatic nitrogens is 1. The number of piperazine rings is 1. The van der Waals surface area contributed by atoms with Gasteiger partial charge in [0.1, 0.15) is 25.4 Å². The SMILES string of the molecule is C[C@H]1C(=O)N(c2ccc(C#C[Si](C)(C)C)nc2)CCN1C(=O)OC(C)(C)C. The fourth-order valence-corrected chi connectivity index (χ4v) is 3.07. The number of pyridine rings is 1. The summed E-state index contributed by atoms with van der Waals surface area (Å²) in [5.74, 6) is 2.96. The largest absolute Gasteiger partial charge is 0.444 e. The maximum atomic E-state index is 12.8. The molecule has 0 unspecified atom stereocenters. The summed E-state index contributed by atoms with van der Waals surface area (Å²) in [4.78, 5) is 32.6. The summed E-state index contributed by atoms with van der Waals surface area (Å²) in [6, 6.07) is 3.11. The molecule has 7 heteroatoms. The van der Waals surface area contributed by atoms with Gasteiger partial charge in [0.2, 0.25) is 5.91 Å². The first kappa shape index (κ1) is 21.0. The molecule has 146 valence electrons. The molecule has 0 N–H and O–H groups in total. The molecular formula is C20H29N3O3Si. The summed E-state index contributed by atoms with van der Waals surface area (Å²) in [7, 11) is -1.46. The van der Waals surface area contributed by atoms with Crippen LogP contribution in [0.1, 0.15) is 33.4 Å². The highest BCUT2D eigenvalue weighted by atomic mass is 28.3. The molecule has 1 fully saturated rings. The van der Waals surface area contributed by atoms with Crippen LogP contribution in [-0.2, 0) is 9.53 Å². The van der Waals surface area contributed by atoms with Crippen LogP contribution in [0.25, 0.3) is 0 Å². The second kappa shape index (κ2) is 7.73. The fourth-order valence-electron chi connectivity index (χ4n) is 2.57. The predicted octanol–water partition coefficient (Wildman–Crippen LogP) is 3.28. The van der Waals surface area contributed by atoms with Crippen molar-refractivity contribution < 1.29 is 14.3 Å². The monoisotopic (exact) mass is 387 g/mol. The Balaban J connectivity index is 2.10. The molecule has 1 aromatic heterocycles. The van der Waals surface area contributed by atoms with Gasteiger partial charge >= 0.3 is 6.09 Å². The molecule has 1 aromatic rings. The van der Waals surface area contributed by atoms with Gasteiger partial charge in [0.25, 0.3) is 0 Å². The predicted molar refractivity (Wildman–Crippen MR) is 109 cm³/mol. The first-order valence-electron chi connectivity index (χ1n) is 9.18. The van der Waals surface area contributed by atoms with Gasteiger partial charge in [-0.25, -0.2) is 9.78 Å². The number of carbonyl (C=O) groups is 2. The fraction of sp³-hybridized carbons (Fsp3) is 0.550. The van der Waals surface area contributed by atoms with Crippen LogP contribution in [0.5, 0.6) is 0 Å². The summed E-state index contributed by atoms with van der Waals surface area (Å²) in [6.07, 6.45) is 1.21. The lowest BCUT2D eigenvalue weighted by molar-refractivity contribution is -0.125. The Hall–Kier alpha value is -2.33. The smallest absolute Gasteiger partial charge is 0.411 e. The molecule has 0 bridgehead atoms. The van der Waals surface area contributed by atoms with E-state index in [0.717, 1.165) is 0 Å². The van der Waals surface area contributed by atoms with Gasteiger partial charge in [0.15, 0.2) is 0 Å². The lowest BCUT2D eigenvalue weighted by Crippen LogP contribution is -2.58. The van der Waals surface area contributed by atoms with Crippen molar-refractivity contribution in [2.24, 2.45) is 0 Å². The van der Waals surface area contributed by atoms with Crippen molar-refractivity contribution in [1.82, 2.24) is 9.88 Å². The summed E-state index contributed by atoms with van der Waals surface area (Å²) in [6.45, 7) is 14.5. The zero-order valence-electron chi connectivity index (χ0n) is 17.3. The van der Waals surface area contributed by atoms with Crippen LogP contribution in [0.2, 0.25) is 19.6 Å². The van der Waals surface area contributed by atoms with E-state index in [1.165, 1.54) is 4.90 Å². The van der Waals surface area contributed by atoms with Gasteiger partial charge < -0.3 is 9.64 Å². The Labute approximate surface area is 162 Å². The maximum Gasteiger partial charge on any atom is 0.411 e. The first-order valence-corrected chi connectivity index (χ1v) is 12.7. The number of carbonyl (C=O) groups excluding carboxylic acids is 2. The Morgan fingerprint density at radius 1 is 1.26 bits per heavy atom. The normalized spacial score (nSPS) is 18.0. The number of hydrogen-bond donors (Lipinski definition) is 0. The number of anilines is 1. The Kier molecular flexibility index (Phi) is 6.00. The van der Waals surface area contributed by atoms with Crippen LogP contribution in [0, 0.1) is 11.5 Å². The van der Waals surface area contributed by atoms with E-state index in [1.54, 1.807) is 18.0 Å². The molecule has 0 aliphatic carbocycles. The zero-order chi connectivity index (χ0) is 20.4. The molecule has 0 spiro atoms. The van der Waals surface area contributed by atoms with E-state index in [2.05, 4.69) is 36.1 Å². The minimum Gasteiger partial charge on any atom is -0.444 e. The molecule has 0 saturated carbocycles. The van der Waals surface area contributed by atoms with Crippen molar-refractivity contribution in [2.75, 3.05) is 18.0 Å². The van der Waals surface area contributed by atoms with Crippen LogP contribution in [0.4, 0.5) is 10.5 Å². The Morgan fingerprint density at radius 3 is 2.44 bits per heavy atom. The van der Waals surface area contributed by atoms with Gasteiger partial charge in [-0.1, -0.05) is 25.6 Å². The summed E-state index contributed by atoms with van der Waals surface area (Å²) in [5, 5.41) is 0. The molecule has 1 aliphatic heterocycles. The molecule has 2 heterocycles. The first-order chi connectivity index (χ1) is 12.4. The van der Waals surface area contributed by atoms with E-state index in [-0.39, 0.29) is 5.91 Å². The molecule has 27 heavy (non-hydrogen) atoms. The molecule has 0 radical (unpaired) electrons. The second-order valence-corrected chi connectivity index (χ2v) is 13.5. The van der Waals surface area contributed by atoms with Crippen molar-refractivity contribution in [3.8, 4) is 11.5 Å². The Bertz CT molecular complexity index is 767. The average Bonchev–Trinajstić information content (AvgIpc) is 2.53. The third-order valence-electron chi connectivity index (χ3n) is 3.91. The van der Waals surface area contributed by atoms with Crippen molar-refractivity contribution >= 4 is 25.8 Å². The summed E-state index contributed by atoms with van der Waals surface area (Å²) in [5.41, 5.74) is 4.11. The molecule has 2 amide bonds. The number of rotatable bonds is 1. The molecular weight excluding hydrogens is 358 g/mol.